The molecule has 0 saturated carbocycles. The minimum Gasteiger partial charge on any atom is -0.478 e. The van der Waals surface area contributed by atoms with Crippen LogP contribution in [0.25, 0.3) is 16.6 Å². The Morgan fingerprint density at radius 1 is 1.00 bits per heavy atom. The Balaban J connectivity index is 1.15. The van der Waals surface area contributed by atoms with Gasteiger partial charge in [0, 0.05) is 64.2 Å². The molecular weight excluding hydrogens is 654 g/mol. The highest BCUT2D eigenvalue weighted by Crippen LogP contribution is 2.43. The Morgan fingerprint density at radius 3 is 2.47 bits per heavy atom. The number of aromatic nitrogens is 3. The van der Waals surface area contributed by atoms with Gasteiger partial charge in [-0.15, -0.1) is 5.10 Å². The molecule has 0 radical (unpaired) electrons. The van der Waals surface area contributed by atoms with Gasteiger partial charge in [-0.3, -0.25) is 4.90 Å². The average Bonchev–Trinajstić information content (AvgIpc) is 3.48. The molecule has 3 aromatic carbocycles. The normalized spacial score (nSPS) is 17.1. The maximum atomic E-state index is 12.2. The van der Waals surface area contributed by atoms with Crippen LogP contribution in [0.5, 0.6) is 11.5 Å². The van der Waals surface area contributed by atoms with Gasteiger partial charge in [-0.2, -0.15) is 0 Å². The molecule has 0 spiro atoms. The lowest BCUT2D eigenvalue weighted by Crippen LogP contribution is -2.47. The van der Waals surface area contributed by atoms with E-state index in [9.17, 15) is 9.90 Å². The van der Waals surface area contributed by atoms with Crippen LogP contribution in [0.2, 0.25) is 30.7 Å². The number of piperazine rings is 1. The molecular formula is C38H48ClN5O4Si. The fourth-order valence-electron chi connectivity index (χ4n) is 6.66. The van der Waals surface area contributed by atoms with Gasteiger partial charge in [0.2, 0.25) is 0 Å². The lowest BCUT2D eigenvalue weighted by molar-refractivity contribution is 0.0694. The quantitative estimate of drug-likeness (QED) is 0.116. The predicted molar refractivity (Wildman–Crippen MR) is 200 cm³/mol. The molecule has 260 valence electrons. The Hall–Kier alpha value is -3.70. The average molecular weight is 702 g/mol. The van der Waals surface area contributed by atoms with E-state index in [1.54, 1.807) is 16.8 Å². The number of carboxylic acid groups (broad SMARTS) is 1. The number of rotatable bonds is 12. The number of halogens is 1. The summed E-state index contributed by atoms with van der Waals surface area (Å²) in [6.07, 6.45) is 3.36. The molecule has 1 aliphatic carbocycles. The molecule has 0 amide bonds. The smallest absolute Gasteiger partial charge is 0.339 e. The van der Waals surface area contributed by atoms with Gasteiger partial charge in [-0.05, 0) is 78.3 Å². The molecule has 1 aliphatic heterocycles. The number of aromatic carboxylic acids is 1. The summed E-state index contributed by atoms with van der Waals surface area (Å²) in [5.41, 5.74) is 6.92. The highest BCUT2D eigenvalue weighted by Gasteiger charge is 2.29. The van der Waals surface area contributed by atoms with E-state index in [4.69, 9.17) is 21.1 Å². The Morgan fingerprint density at radius 2 is 1.76 bits per heavy atom. The first-order chi connectivity index (χ1) is 23.3. The molecule has 2 heterocycles. The number of carboxylic acids is 1. The first-order valence-corrected chi connectivity index (χ1v) is 21.3. The molecule has 0 atom stereocenters. The van der Waals surface area contributed by atoms with Crippen molar-refractivity contribution in [3.05, 3.63) is 82.4 Å². The third kappa shape index (κ3) is 8.73. The fraction of sp³-hybridized carbons (Fsp3) is 0.447. The van der Waals surface area contributed by atoms with Gasteiger partial charge >= 0.3 is 5.97 Å². The zero-order valence-electron chi connectivity index (χ0n) is 29.3. The van der Waals surface area contributed by atoms with E-state index in [1.165, 1.54) is 23.1 Å². The number of benzene rings is 3. The molecule has 4 aromatic rings. The molecule has 1 fully saturated rings. The lowest BCUT2D eigenvalue weighted by atomic mass is 9.72. The number of nitrogens with zero attached hydrogens (tertiary/aromatic N) is 5. The van der Waals surface area contributed by atoms with Crippen LogP contribution in [0.4, 0.5) is 5.69 Å². The number of fused-ring (bicyclic) bond motifs is 1. The van der Waals surface area contributed by atoms with Gasteiger partial charge in [0.25, 0.3) is 0 Å². The summed E-state index contributed by atoms with van der Waals surface area (Å²) in [6.45, 7) is 17.1. The molecule has 1 saturated heterocycles. The van der Waals surface area contributed by atoms with E-state index in [-0.39, 0.29) is 16.7 Å². The largest absolute Gasteiger partial charge is 0.478 e. The molecule has 2 aliphatic rings. The summed E-state index contributed by atoms with van der Waals surface area (Å²) < 4.78 is 13.9. The second-order valence-electron chi connectivity index (χ2n) is 15.3. The van der Waals surface area contributed by atoms with Crippen LogP contribution in [-0.2, 0) is 11.5 Å². The predicted octanol–water partition coefficient (Wildman–Crippen LogP) is 8.67. The van der Waals surface area contributed by atoms with E-state index in [0.717, 1.165) is 67.8 Å². The minimum absolute atomic E-state index is 0.100. The van der Waals surface area contributed by atoms with E-state index in [2.05, 4.69) is 65.7 Å². The number of hydrogen-bond donors (Lipinski definition) is 1. The second kappa shape index (κ2) is 14.6. The molecule has 1 N–H and O–H groups in total. The number of anilines is 1. The van der Waals surface area contributed by atoms with Crippen molar-refractivity contribution in [2.24, 2.45) is 5.41 Å². The van der Waals surface area contributed by atoms with Crippen molar-refractivity contribution in [3.8, 4) is 11.5 Å². The Bertz CT molecular complexity index is 1820. The highest BCUT2D eigenvalue weighted by molar-refractivity contribution is 6.76. The molecule has 9 nitrogen and oxygen atoms in total. The maximum Gasteiger partial charge on any atom is 0.339 e. The third-order valence-electron chi connectivity index (χ3n) is 9.66. The van der Waals surface area contributed by atoms with E-state index < -0.39 is 14.0 Å². The van der Waals surface area contributed by atoms with Crippen LogP contribution >= 0.6 is 11.6 Å². The third-order valence-corrected chi connectivity index (χ3v) is 11.6. The van der Waals surface area contributed by atoms with E-state index in [0.29, 0.717) is 24.6 Å². The van der Waals surface area contributed by atoms with Gasteiger partial charge in [0.05, 0.1) is 5.52 Å². The highest BCUT2D eigenvalue weighted by atomic mass is 35.5. The van der Waals surface area contributed by atoms with Crippen molar-refractivity contribution in [2.45, 2.75) is 65.5 Å². The maximum absolute atomic E-state index is 12.2. The minimum atomic E-state index is -1.20. The number of carbonyl (C=O) groups is 1. The Kier molecular flexibility index (Phi) is 10.5. The van der Waals surface area contributed by atoms with Crippen molar-refractivity contribution >= 4 is 47.9 Å². The monoisotopic (exact) mass is 701 g/mol. The van der Waals surface area contributed by atoms with E-state index >= 15 is 0 Å². The molecule has 11 heteroatoms. The van der Waals surface area contributed by atoms with Gasteiger partial charge in [0.15, 0.2) is 11.3 Å². The van der Waals surface area contributed by atoms with Crippen LogP contribution < -0.4 is 9.64 Å². The number of ether oxygens (including phenoxy) is 2. The topological polar surface area (TPSA) is 93.0 Å². The zero-order chi connectivity index (χ0) is 34.8. The van der Waals surface area contributed by atoms with E-state index in [1.807, 2.05) is 36.4 Å². The summed E-state index contributed by atoms with van der Waals surface area (Å²) in [5.74, 6) is -0.308. The summed E-state index contributed by atoms with van der Waals surface area (Å²) in [7, 11) is -1.20. The standard InChI is InChI=1S/C38H48ClN5O4Si/c1-38(2)16-15-28(32(24-38)27-9-11-29(39)12-10-27)25-42-17-19-43(20-18-42)30-13-14-31(37(45)46)35(23-30)48-34-8-6-7-33-36(34)40-41-44(33)26-47-21-22-49(3,4)5/h6-14,23H,15-22,24-26H2,1-5H3,(H,45,46). The van der Waals surface area contributed by atoms with Crippen molar-refractivity contribution in [1.82, 2.24) is 19.9 Å². The summed E-state index contributed by atoms with van der Waals surface area (Å²) in [5, 5.41) is 19.4. The number of allylic oxidation sites excluding steroid dienone is 1. The first kappa shape index (κ1) is 35.1. The molecule has 1 aromatic heterocycles. The molecule has 0 unspecified atom stereocenters. The lowest BCUT2D eigenvalue weighted by Gasteiger charge is -2.39. The van der Waals surface area contributed by atoms with Gasteiger partial charge in [0.1, 0.15) is 18.0 Å². The van der Waals surface area contributed by atoms with Crippen LogP contribution in [0.15, 0.2) is 66.2 Å². The van der Waals surface area contributed by atoms with Gasteiger partial charge < -0.3 is 19.5 Å². The van der Waals surface area contributed by atoms with Crippen LogP contribution in [0.1, 0.15) is 49.0 Å². The summed E-state index contributed by atoms with van der Waals surface area (Å²) in [4.78, 5) is 17.1. The second-order valence-corrected chi connectivity index (χ2v) is 21.4. The first-order valence-electron chi connectivity index (χ1n) is 17.2. The van der Waals surface area contributed by atoms with Crippen molar-refractivity contribution in [1.29, 1.82) is 0 Å². The van der Waals surface area contributed by atoms with Gasteiger partial charge in [-0.1, -0.05) is 74.1 Å². The summed E-state index contributed by atoms with van der Waals surface area (Å²) in [6, 6.07) is 20.3. The molecule has 49 heavy (non-hydrogen) atoms. The summed E-state index contributed by atoms with van der Waals surface area (Å²) >= 11 is 6.22. The molecule has 6 rings (SSSR count). The fourth-order valence-corrected chi connectivity index (χ4v) is 7.54. The molecule has 0 bridgehead atoms. The van der Waals surface area contributed by atoms with Crippen molar-refractivity contribution < 1.29 is 19.4 Å². The van der Waals surface area contributed by atoms with Crippen LogP contribution in [0, 0.1) is 5.41 Å². The van der Waals surface area contributed by atoms with Gasteiger partial charge in [-0.25, -0.2) is 9.48 Å². The Labute approximate surface area is 295 Å². The van der Waals surface area contributed by atoms with Crippen molar-refractivity contribution in [2.75, 3.05) is 44.2 Å². The SMILES string of the molecule is CC1(C)CCC(CN2CCN(c3ccc(C(=O)O)c(Oc4cccc5c4nnn5COCC[Si](C)(C)C)c3)CC2)=C(c2ccc(Cl)cc2)C1. The van der Waals surface area contributed by atoms with Crippen LogP contribution in [0.3, 0.4) is 0 Å². The number of hydrogen-bond acceptors (Lipinski definition) is 7. The van der Waals surface area contributed by atoms with Crippen molar-refractivity contribution in [3.63, 3.8) is 0 Å². The van der Waals surface area contributed by atoms with Crippen LogP contribution in [-0.4, -0.2) is 78.4 Å². The zero-order valence-corrected chi connectivity index (χ0v) is 31.1.